The molecule has 0 radical (unpaired) electrons. The highest BCUT2D eigenvalue weighted by Gasteiger charge is 2.37. The Kier molecular flexibility index (Phi) is 3.42. The van der Waals surface area contributed by atoms with Crippen molar-refractivity contribution in [1.82, 2.24) is 4.98 Å². The van der Waals surface area contributed by atoms with E-state index in [-0.39, 0.29) is 0 Å². The summed E-state index contributed by atoms with van der Waals surface area (Å²) >= 11 is 0. The number of esters is 1. The molecule has 0 amide bonds. The van der Waals surface area contributed by atoms with Crippen LogP contribution in [0.15, 0.2) is 24.4 Å². The van der Waals surface area contributed by atoms with Crippen LogP contribution in [-0.2, 0) is 15.1 Å². The third kappa shape index (κ3) is 2.33. The molecular weight excluding hydrogens is 194 g/mol. The molecule has 2 unspecified atom stereocenters. The van der Waals surface area contributed by atoms with E-state index in [9.17, 15) is 9.90 Å². The Bertz CT molecular complexity index is 335. The monoisotopic (exact) mass is 209 g/mol. The van der Waals surface area contributed by atoms with E-state index in [4.69, 9.17) is 0 Å². The van der Waals surface area contributed by atoms with Crippen LogP contribution in [0.3, 0.4) is 0 Å². The van der Waals surface area contributed by atoms with Crippen LogP contribution < -0.4 is 0 Å². The lowest BCUT2D eigenvalue weighted by molar-refractivity contribution is -0.154. The maximum atomic E-state index is 11.3. The highest BCUT2D eigenvalue weighted by atomic mass is 16.5. The third-order valence-electron chi connectivity index (χ3n) is 2.58. The van der Waals surface area contributed by atoms with Crippen molar-refractivity contribution < 1.29 is 14.6 Å². The number of carbonyl (C=O) groups excluding carboxylic acids is 1. The van der Waals surface area contributed by atoms with Crippen molar-refractivity contribution in [3.8, 4) is 0 Å². The molecular formula is C11H15NO3. The van der Waals surface area contributed by atoms with Gasteiger partial charge in [0.15, 0.2) is 0 Å². The molecule has 0 saturated heterocycles. The number of methoxy groups -OCH3 is 1. The average Bonchev–Trinajstić information content (AvgIpc) is 2.28. The lowest BCUT2D eigenvalue weighted by Gasteiger charge is -2.27. The lowest BCUT2D eigenvalue weighted by Crippen LogP contribution is -2.36. The summed E-state index contributed by atoms with van der Waals surface area (Å²) in [6.07, 6.45) is 1.58. The Hall–Kier alpha value is -1.42. The van der Waals surface area contributed by atoms with Crippen LogP contribution in [0.5, 0.6) is 0 Å². The highest BCUT2D eigenvalue weighted by molar-refractivity contribution is 5.73. The van der Waals surface area contributed by atoms with E-state index in [0.717, 1.165) is 0 Å². The average molecular weight is 209 g/mol. The Balaban J connectivity index is 2.97. The van der Waals surface area contributed by atoms with E-state index < -0.39 is 17.5 Å². The summed E-state index contributed by atoms with van der Waals surface area (Å²) < 4.78 is 4.59. The van der Waals surface area contributed by atoms with Crippen molar-refractivity contribution in [1.29, 1.82) is 0 Å². The van der Waals surface area contributed by atoms with Gasteiger partial charge in [0, 0.05) is 6.20 Å². The fourth-order valence-corrected chi connectivity index (χ4v) is 1.29. The van der Waals surface area contributed by atoms with Gasteiger partial charge < -0.3 is 9.84 Å². The minimum absolute atomic E-state index is 0.453. The number of hydrogen-bond donors (Lipinski definition) is 1. The Labute approximate surface area is 88.9 Å². The second-order valence-electron chi connectivity index (χ2n) is 3.61. The number of hydrogen-bond acceptors (Lipinski definition) is 4. The zero-order valence-electron chi connectivity index (χ0n) is 9.10. The summed E-state index contributed by atoms with van der Waals surface area (Å²) in [5, 5.41) is 10.2. The van der Waals surface area contributed by atoms with E-state index in [0.29, 0.717) is 5.69 Å². The van der Waals surface area contributed by atoms with Crippen LogP contribution in [-0.4, -0.2) is 23.2 Å². The van der Waals surface area contributed by atoms with Gasteiger partial charge in [-0.15, -0.1) is 0 Å². The first-order chi connectivity index (χ1) is 7.00. The van der Waals surface area contributed by atoms with Crippen molar-refractivity contribution in [2.75, 3.05) is 7.11 Å². The number of nitrogens with zero attached hydrogens (tertiary/aromatic N) is 1. The summed E-state index contributed by atoms with van der Waals surface area (Å²) in [7, 11) is 1.30. The minimum Gasteiger partial charge on any atom is -0.469 e. The van der Waals surface area contributed by atoms with Gasteiger partial charge in [-0.3, -0.25) is 9.78 Å². The summed E-state index contributed by atoms with van der Waals surface area (Å²) in [4.78, 5) is 15.4. The van der Waals surface area contributed by atoms with Crippen molar-refractivity contribution in [2.45, 2.75) is 19.4 Å². The predicted molar refractivity (Wildman–Crippen MR) is 55.0 cm³/mol. The molecule has 0 aromatic carbocycles. The molecule has 2 atom stereocenters. The maximum Gasteiger partial charge on any atom is 0.311 e. The molecule has 0 saturated carbocycles. The number of aromatic nitrogens is 1. The Morgan fingerprint density at radius 2 is 2.27 bits per heavy atom. The van der Waals surface area contributed by atoms with Gasteiger partial charge in [0.1, 0.15) is 5.60 Å². The molecule has 1 N–H and O–H groups in total. The van der Waals surface area contributed by atoms with Gasteiger partial charge in [-0.25, -0.2) is 0 Å². The summed E-state index contributed by atoms with van der Waals surface area (Å²) in [6.45, 7) is 3.16. The molecule has 0 bridgehead atoms. The van der Waals surface area contributed by atoms with Crippen molar-refractivity contribution in [2.24, 2.45) is 5.92 Å². The molecule has 1 rings (SSSR count). The molecule has 4 nitrogen and oxygen atoms in total. The Morgan fingerprint density at radius 3 is 2.73 bits per heavy atom. The van der Waals surface area contributed by atoms with Gasteiger partial charge in [-0.2, -0.15) is 0 Å². The van der Waals surface area contributed by atoms with E-state index in [1.165, 1.54) is 7.11 Å². The fraction of sp³-hybridized carbons (Fsp3) is 0.455. The zero-order valence-corrected chi connectivity index (χ0v) is 9.10. The molecule has 0 fully saturated rings. The first-order valence-corrected chi connectivity index (χ1v) is 4.72. The SMILES string of the molecule is COC(=O)C(C)C(C)(O)c1ccccn1. The molecule has 0 aliphatic heterocycles. The molecule has 82 valence electrons. The second kappa shape index (κ2) is 4.40. The summed E-state index contributed by atoms with van der Waals surface area (Å²) in [5.41, 5.74) is -0.850. The zero-order chi connectivity index (χ0) is 11.5. The molecule has 15 heavy (non-hydrogen) atoms. The Morgan fingerprint density at radius 1 is 1.60 bits per heavy atom. The first kappa shape index (κ1) is 11.7. The number of pyridine rings is 1. The molecule has 0 spiro atoms. The van der Waals surface area contributed by atoms with Crippen LogP contribution in [0.2, 0.25) is 0 Å². The highest BCUT2D eigenvalue weighted by Crippen LogP contribution is 2.28. The van der Waals surface area contributed by atoms with Crippen LogP contribution in [0.25, 0.3) is 0 Å². The van der Waals surface area contributed by atoms with Crippen molar-refractivity contribution >= 4 is 5.97 Å². The van der Waals surface area contributed by atoms with Gasteiger partial charge in [-0.05, 0) is 26.0 Å². The molecule has 1 aromatic heterocycles. The smallest absolute Gasteiger partial charge is 0.311 e. The van der Waals surface area contributed by atoms with E-state index in [1.807, 2.05) is 0 Å². The van der Waals surface area contributed by atoms with Gasteiger partial charge in [0.05, 0.1) is 18.7 Å². The topological polar surface area (TPSA) is 59.4 Å². The molecule has 0 aliphatic rings. The van der Waals surface area contributed by atoms with Crippen LogP contribution in [0.1, 0.15) is 19.5 Å². The lowest BCUT2D eigenvalue weighted by atomic mass is 9.87. The van der Waals surface area contributed by atoms with Gasteiger partial charge in [0.2, 0.25) is 0 Å². The maximum absolute atomic E-state index is 11.3. The number of ether oxygens (including phenoxy) is 1. The molecule has 4 heteroatoms. The van der Waals surface area contributed by atoms with Crippen LogP contribution in [0.4, 0.5) is 0 Å². The molecule has 1 aromatic rings. The normalized spacial score (nSPS) is 16.5. The quantitative estimate of drug-likeness (QED) is 0.757. The second-order valence-corrected chi connectivity index (χ2v) is 3.61. The van der Waals surface area contributed by atoms with Gasteiger partial charge >= 0.3 is 5.97 Å². The van der Waals surface area contributed by atoms with Gasteiger partial charge in [0.25, 0.3) is 0 Å². The van der Waals surface area contributed by atoms with E-state index in [2.05, 4.69) is 9.72 Å². The van der Waals surface area contributed by atoms with E-state index in [1.54, 1.807) is 38.2 Å². The van der Waals surface area contributed by atoms with Crippen molar-refractivity contribution in [3.05, 3.63) is 30.1 Å². The first-order valence-electron chi connectivity index (χ1n) is 4.72. The van der Waals surface area contributed by atoms with Gasteiger partial charge in [-0.1, -0.05) is 6.07 Å². The summed E-state index contributed by atoms with van der Waals surface area (Å²) in [5.74, 6) is -1.11. The van der Waals surface area contributed by atoms with Crippen molar-refractivity contribution in [3.63, 3.8) is 0 Å². The fourth-order valence-electron chi connectivity index (χ4n) is 1.29. The molecule has 1 heterocycles. The predicted octanol–water partition coefficient (Wildman–Crippen LogP) is 1.10. The third-order valence-corrected chi connectivity index (χ3v) is 2.58. The largest absolute Gasteiger partial charge is 0.469 e. The van der Waals surface area contributed by atoms with E-state index >= 15 is 0 Å². The van der Waals surface area contributed by atoms with Crippen LogP contribution >= 0.6 is 0 Å². The minimum atomic E-state index is -1.31. The van der Waals surface area contributed by atoms with Crippen LogP contribution in [0, 0.1) is 5.92 Å². The standard InChI is InChI=1S/C11H15NO3/c1-8(10(13)15-3)11(2,14)9-6-4-5-7-12-9/h4-8,14H,1-3H3. The molecule has 0 aliphatic carbocycles. The number of rotatable bonds is 3. The number of aliphatic hydroxyl groups is 1. The number of carbonyl (C=O) groups is 1. The summed E-state index contributed by atoms with van der Waals surface area (Å²) in [6, 6.07) is 5.20.